The van der Waals surface area contributed by atoms with Gasteiger partial charge < -0.3 is 5.11 Å². The molecule has 1 heterocycles. The maximum Gasteiger partial charge on any atom is 0.200 e. The first-order chi connectivity index (χ1) is 7.71. The van der Waals surface area contributed by atoms with Gasteiger partial charge in [0.05, 0.1) is 10.5 Å². The Labute approximate surface area is 102 Å². The SMILES string of the molecule is Cc1cccc2c1C(CC(C)(C)O)=CS2(=O)=O. The summed E-state index contributed by atoms with van der Waals surface area (Å²) in [6.07, 6.45) is 0.337. The summed E-state index contributed by atoms with van der Waals surface area (Å²) in [7, 11) is -3.32. The van der Waals surface area contributed by atoms with Gasteiger partial charge in [0.15, 0.2) is 0 Å². The fraction of sp³-hybridized carbons (Fsp3) is 0.385. The quantitative estimate of drug-likeness (QED) is 0.878. The van der Waals surface area contributed by atoms with Gasteiger partial charge in [0.25, 0.3) is 0 Å². The van der Waals surface area contributed by atoms with Crippen LogP contribution in [0.15, 0.2) is 28.5 Å². The molecule has 1 aromatic rings. The van der Waals surface area contributed by atoms with Gasteiger partial charge in [-0.3, -0.25) is 0 Å². The lowest BCUT2D eigenvalue weighted by atomic mass is 9.92. The molecule has 1 aliphatic heterocycles. The van der Waals surface area contributed by atoms with Crippen LogP contribution < -0.4 is 0 Å². The minimum Gasteiger partial charge on any atom is -0.390 e. The number of aliphatic hydroxyl groups is 1. The lowest BCUT2D eigenvalue weighted by Gasteiger charge is -2.18. The second kappa shape index (κ2) is 3.68. The van der Waals surface area contributed by atoms with Crippen LogP contribution in [0.25, 0.3) is 5.57 Å². The highest BCUT2D eigenvalue weighted by Gasteiger charge is 2.30. The summed E-state index contributed by atoms with van der Waals surface area (Å²) in [4.78, 5) is 0.358. The van der Waals surface area contributed by atoms with Crippen molar-refractivity contribution in [2.24, 2.45) is 0 Å². The van der Waals surface area contributed by atoms with E-state index in [1.807, 2.05) is 13.0 Å². The van der Waals surface area contributed by atoms with Crippen LogP contribution in [0, 0.1) is 6.92 Å². The molecule has 0 radical (unpaired) electrons. The Balaban J connectivity index is 2.60. The highest BCUT2D eigenvalue weighted by molar-refractivity contribution is 7.95. The van der Waals surface area contributed by atoms with E-state index in [0.717, 1.165) is 11.1 Å². The molecule has 0 saturated carbocycles. The highest BCUT2D eigenvalue weighted by Crippen LogP contribution is 2.39. The Bertz CT molecular complexity index is 590. The Kier molecular flexibility index (Phi) is 2.67. The number of aryl methyl sites for hydroxylation is 1. The molecule has 4 heteroatoms. The van der Waals surface area contributed by atoms with Crippen molar-refractivity contribution >= 4 is 15.4 Å². The number of hydrogen-bond acceptors (Lipinski definition) is 3. The zero-order chi connectivity index (χ0) is 12.8. The van der Waals surface area contributed by atoms with Gasteiger partial charge in [-0.15, -0.1) is 0 Å². The molecule has 0 atom stereocenters. The second-order valence-corrected chi connectivity index (χ2v) is 6.89. The molecule has 0 amide bonds. The minimum atomic E-state index is -3.32. The predicted molar refractivity (Wildman–Crippen MR) is 67.3 cm³/mol. The summed E-state index contributed by atoms with van der Waals surface area (Å²) in [6.45, 7) is 5.24. The molecular weight excluding hydrogens is 236 g/mol. The van der Waals surface area contributed by atoms with Crippen LogP contribution in [-0.2, 0) is 9.84 Å². The largest absolute Gasteiger partial charge is 0.390 e. The molecule has 1 aliphatic rings. The summed E-state index contributed by atoms with van der Waals surface area (Å²) >= 11 is 0. The molecule has 1 N–H and O–H groups in total. The normalized spacial score (nSPS) is 17.8. The number of benzene rings is 1. The van der Waals surface area contributed by atoms with Gasteiger partial charge in [-0.2, -0.15) is 0 Å². The van der Waals surface area contributed by atoms with Crippen LogP contribution in [0.1, 0.15) is 31.4 Å². The van der Waals surface area contributed by atoms with Crippen LogP contribution in [-0.4, -0.2) is 19.1 Å². The fourth-order valence-electron chi connectivity index (χ4n) is 2.20. The third-order valence-corrected chi connectivity index (χ3v) is 4.33. The Morgan fingerprint density at radius 1 is 1.29 bits per heavy atom. The third kappa shape index (κ3) is 2.28. The second-order valence-electron chi connectivity index (χ2n) is 5.13. The molecule has 0 saturated heterocycles. The number of sulfone groups is 1. The number of fused-ring (bicyclic) bond motifs is 1. The van der Waals surface area contributed by atoms with Crippen molar-refractivity contribution in [3.05, 3.63) is 34.7 Å². The van der Waals surface area contributed by atoms with Crippen LogP contribution in [0.3, 0.4) is 0 Å². The minimum absolute atomic E-state index is 0.337. The monoisotopic (exact) mass is 252 g/mol. The molecule has 92 valence electrons. The van der Waals surface area contributed by atoms with Crippen molar-refractivity contribution in [1.82, 2.24) is 0 Å². The molecule has 2 rings (SSSR count). The molecule has 0 aliphatic carbocycles. The average Bonchev–Trinajstić information content (AvgIpc) is 2.36. The molecule has 0 spiro atoms. The first-order valence-corrected chi connectivity index (χ1v) is 7.03. The van der Waals surface area contributed by atoms with Crippen molar-refractivity contribution in [3.63, 3.8) is 0 Å². The number of hydrogen-bond donors (Lipinski definition) is 1. The van der Waals surface area contributed by atoms with E-state index < -0.39 is 15.4 Å². The van der Waals surface area contributed by atoms with Crippen LogP contribution in [0.4, 0.5) is 0 Å². The summed E-state index contributed by atoms with van der Waals surface area (Å²) in [5, 5.41) is 11.1. The fourth-order valence-corrected chi connectivity index (χ4v) is 3.74. The van der Waals surface area contributed by atoms with Gasteiger partial charge in [0, 0.05) is 17.4 Å². The molecule has 17 heavy (non-hydrogen) atoms. The van der Waals surface area contributed by atoms with Gasteiger partial charge in [-0.25, -0.2) is 8.42 Å². The van der Waals surface area contributed by atoms with Gasteiger partial charge in [-0.05, 0) is 38.0 Å². The molecule has 0 fully saturated rings. The molecule has 0 bridgehead atoms. The first-order valence-electron chi connectivity index (χ1n) is 5.49. The van der Waals surface area contributed by atoms with Crippen LogP contribution in [0.5, 0.6) is 0 Å². The van der Waals surface area contributed by atoms with E-state index in [-0.39, 0.29) is 0 Å². The molecule has 3 nitrogen and oxygen atoms in total. The predicted octanol–water partition coefficient (Wildman–Crippen LogP) is 2.28. The maximum atomic E-state index is 11.9. The van der Waals surface area contributed by atoms with Gasteiger partial charge in [0.1, 0.15) is 0 Å². The van der Waals surface area contributed by atoms with Gasteiger partial charge >= 0.3 is 0 Å². The van der Waals surface area contributed by atoms with E-state index >= 15 is 0 Å². The van der Waals surface area contributed by atoms with Gasteiger partial charge in [-0.1, -0.05) is 12.1 Å². The summed E-state index contributed by atoms with van der Waals surface area (Å²) in [5.74, 6) is 0. The van der Waals surface area contributed by atoms with E-state index in [1.165, 1.54) is 5.41 Å². The van der Waals surface area contributed by atoms with Crippen molar-refractivity contribution in [2.45, 2.75) is 37.7 Å². The van der Waals surface area contributed by atoms with E-state index in [4.69, 9.17) is 0 Å². The van der Waals surface area contributed by atoms with Crippen LogP contribution >= 0.6 is 0 Å². The van der Waals surface area contributed by atoms with E-state index in [2.05, 4.69) is 0 Å². The zero-order valence-corrected chi connectivity index (χ0v) is 11.0. The smallest absolute Gasteiger partial charge is 0.200 e. The van der Waals surface area contributed by atoms with Crippen LogP contribution in [0.2, 0.25) is 0 Å². The van der Waals surface area contributed by atoms with Crippen molar-refractivity contribution in [3.8, 4) is 0 Å². The lowest BCUT2D eigenvalue weighted by molar-refractivity contribution is 0.0864. The highest BCUT2D eigenvalue weighted by atomic mass is 32.2. The Morgan fingerprint density at radius 3 is 2.53 bits per heavy atom. The molecule has 1 aromatic carbocycles. The van der Waals surface area contributed by atoms with Crippen molar-refractivity contribution in [1.29, 1.82) is 0 Å². The van der Waals surface area contributed by atoms with E-state index in [9.17, 15) is 13.5 Å². The van der Waals surface area contributed by atoms with Gasteiger partial charge in [0.2, 0.25) is 9.84 Å². The summed E-state index contributed by atoms with van der Waals surface area (Å²) in [5.41, 5.74) is 1.48. The first kappa shape index (κ1) is 12.3. The standard InChI is InChI=1S/C13H16O3S/c1-9-5-4-6-11-12(9)10(7-13(2,3)14)8-17(11,15)16/h4-6,8,14H,7H2,1-3H3. The number of rotatable bonds is 2. The van der Waals surface area contributed by atoms with Crippen molar-refractivity contribution < 1.29 is 13.5 Å². The maximum absolute atomic E-state index is 11.9. The summed E-state index contributed by atoms with van der Waals surface area (Å²) < 4.78 is 23.9. The third-order valence-electron chi connectivity index (χ3n) is 2.78. The Hall–Kier alpha value is -1.13. The zero-order valence-electron chi connectivity index (χ0n) is 10.2. The molecular formula is C13H16O3S. The molecule has 0 aromatic heterocycles. The Morgan fingerprint density at radius 2 is 1.94 bits per heavy atom. The topological polar surface area (TPSA) is 54.4 Å². The molecule has 0 unspecified atom stereocenters. The van der Waals surface area contributed by atoms with E-state index in [0.29, 0.717) is 16.9 Å². The average molecular weight is 252 g/mol. The van der Waals surface area contributed by atoms with E-state index in [1.54, 1.807) is 26.0 Å². The van der Waals surface area contributed by atoms with Crippen molar-refractivity contribution in [2.75, 3.05) is 0 Å². The lowest BCUT2D eigenvalue weighted by Crippen LogP contribution is -2.18. The summed E-state index contributed by atoms with van der Waals surface area (Å²) in [6, 6.07) is 5.25.